The summed E-state index contributed by atoms with van der Waals surface area (Å²) in [7, 11) is 1.76. The molecule has 0 saturated heterocycles. The summed E-state index contributed by atoms with van der Waals surface area (Å²) in [5.41, 5.74) is 7.62. The molecule has 2 unspecified atom stereocenters. The molecule has 1 aliphatic rings. The van der Waals surface area contributed by atoms with Gasteiger partial charge in [-0.2, -0.15) is 10.2 Å². The van der Waals surface area contributed by atoms with Gasteiger partial charge in [-0.3, -0.25) is 0 Å². The van der Waals surface area contributed by atoms with Crippen LogP contribution in [0.3, 0.4) is 0 Å². The SMILES string of the molecule is CCC.CN=N/C1=C(\C)c2ccccc2CCC(C(C)C(C)C)c2ccccc21. The Balaban J connectivity index is 0.000000941. The largest absolute Gasteiger partial charge is 0.192 e. The highest BCUT2D eigenvalue weighted by Crippen LogP contribution is 2.42. The number of allylic oxidation sites excluding steroid dienone is 1. The first-order chi connectivity index (χ1) is 14.0. The van der Waals surface area contributed by atoms with Crippen LogP contribution in [0.4, 0.5) is 0 Å². The van der Waals surface area contributed by atoms with Crippen molar-refractivity contribution in [2.45, 2.75) is 66.7 Å². The number of hydrogen-bond donors (Lipinski definition) is 0. The van der Waals surface area contributed by atoms with Crippen LogP contribution in [0.2, 0.25) is 0 Å². The third kappa shape index (κ3) is 5.44. The quantitative estimate of drug-likeness (QED) is 0.470. The fraction of sp³-hybridized carbons (Fsp3) is 0.481. The fourth-order valence-electron chi connectivity index (χ4n) is 4.18. The summed E-state index contributed by atoms with van der Waals surface area (Å²) in [5.74, 6) is 1.78. The summed E-state index contributed by atoms with van der Waals surface area (Å²) in [6.45, 7) is 13.5. The monoisotopic (exact) mass is 390 g/mol. The van der Waals surface area contributed by atoms with E-state index < -0.39 is 0 Å². The smallest absolute Gasteiger partial charge is 0.0962 e. The van der Waals surface area contributed by atoms with Crippen molar-refractivity contribution in [3.8, 4) is 0 Å². The lowest BCUT2D eigenvalue weighted by Gasteiger charge is -2.29. The third-order valence-electron chi connectivity index (χ3n) is 6.00. The number of rotatable bonds is 3. The zero-order chi connectivity index (χ0) is 21.4. The van der Waals surface area contributed by atoms with E-state index in [-0.39, 0.29) is 0 Å². The Morgan fingerprint density at radius 1 is 0.931 bits per heavy atom. The van der Waals surface area contributed by atoms with E-state index >= 15 is 0 Å². The van der Waals surface area contributed by atoms with Crippen LogP contribution < -0.4 is 0 Å². The van der Waals surface area contributed by atoms with Gasteiger partial charge in [0.15, 0.2) is 0 Å². The molecule has 0 radical (unpaired) electrons. The van der Waals surface area contributed by atoms with Gasteiger partial charge in [-0.05, 0) is 59.8 Å². The van der Waals surface area contributed by atoms with Gasteiger partial charge < -0.3 is 0 Å². The lowest BCUT2D eigenvalue weighted by Crippen LogP contribution is -2.17. The highest BCUT2D eigenvalue weighted by molar-refractivity contribution is 5.91. The van der Waals surface area contributed by atoms with Gasteiger partial charge in [0.25, 0.3) is 0 Å². The van der Waals surface area contributed by atoms with Crippen molar-refractivity contribution in [1.82, 2.24) is 0 Å². The van der Waals surface area contributed by atoms with Crippen molar-refractivity contribution in [3.63, 3.8) is 0 Å². The van der Waals surface area contributed by atoms with Gasteiger partial charge in [-0.25, -0.2) is 0 Å². The predicted octanol–water partition coefficient (Wildman–Crippen LogP) is 8.40. The lowest BCUT2D eigenvalue weighted by atomic mass is 9.76. The van der Waals surface area contributed by atoms with Gasteiger partial charge >= 0.3 is 0 Å². The van der Waals surface area contributed by atoms with Crippen LogP contribution in [0, 0.1) is 11.8 Å². The van der Waals surface area contributed by atoms with Crippen LogP contribution in [0.5, 0.6) is 0 Å². The molecule has 0 fully saturated rings. The van der Waals surface area contributed by atoms with Crippen molar-refractivity contribution in [2.24, 2.45) is 22.1 Å². The Morgan fingerprint density at radius 3 is 2.14 bits per heavy atom. The Hall–Kier alpha value is -2.22. The summed E-state index contributed by atoms with van der Waals surface area (Å²) in [6, 6.07) is 17.6. The number of benzene rings is 2. The predicted molar refractivity (Wildman–Crippen MR) is 127 cm³/mol. The lowest BCUT2D eigenvalue weighted by molar-refractivity contribution is 0.332. The number of azo groups is 1. The average molecular weight is 391 g/mol. The van der Waals surface area contributed by atoms with Crippen molar-refractivity contribution in [1.29, 1.82) is 0 Å². The van der Waals surface area contributed by atoms with E-state index in [1.165, 1.54) is 34.2 Å². The van der Waals surface area contributed by atoms with E-state index in [1.807, 2.05) is 0 Å². The first-order valence-electron chi connectivity index (χ1n) is 11.1. The van der Waals surface area contributed by atoms with Crippen LogP contribution in [0.25, 0.3) is 11.3 Å². The Labute approximate surface area is 178 Å². The normalized spacial score (nSPS) is 20.1. The fourth-order valence-corrected chi connectivity index (χ4v) is 4.18. The van der Waals surface area contributed by atoms with Crippen molar-refractivity contribution >= 4 is 11.3 Å². The molecule has 2 aromatic rings. The molecular formula is C27H38N2. The Morgan fingerprint density at radius 2 is 1.52 bits per heavy atom. The molecule has 0 N–H and O–H groups in total. The molecule has 1 aliphatic carbocycles. The molecule has 29 heavy (non-hydrogen) atoms. The van der Waals surface area contributed by atoms with Gasteiger partial charge in [0.05, 0.1) is 5.70 Å². The average Bonchev–Trinajstić information content (AvgIpc) is 2.76. The molecule has 0 aromatic heterocycles. The van der Waals surface area contributed by atoms with Gasteiger partial charge in [-0.15, -0.1) is 0 Å². The topological polar surface area (TPSA) is 24.7 Å². The zero-order valence-corrected chi connectivity index (χ0v) is 19.4. The van der Waals surface area contributed by atoms with E-state index in [2.05, 4.69) is 100 Å². The van der Waals surface area contributed by atoms with E-state index in [9.17, 15) is 0 Å². The highest BCUT2D eigenvalue weighted by Gasteiger charge is 2.27. The molecule has 3 rings (SSSR count). The summed E-state index contributed by atoms with van der Waals surface area (Å²) < 4.78 is 0. The van der Waals surface area contributed by atoms with E-state index in [4.69, 9.17) is 0 Å². The molecule has 0 saturated carbocycles. The zero-order valence-electron chi connectivity index (χ0n) is 19.4. The number of nitrogens with zero attached hydrogens (tertiary/aromatic N) is 2. The van der Waals surface area contributed by atoms with Crippen LogP contribution in [0.15, 0.2) is 58.8 Å². The minimum atomic E-state index is 0.521. The van der Waals surface area contributed by atoms with Gasteiger partial charge in [0.2, 0.25) is 0 Å². The second-order valence-electron chi connectivity index (χ2n) is 8.47. The molecule has 0 bridgehead atoms. The summed E-state index contributed by atoms with van der Waals surface area (Å²) in [5, 5.41) is 8.75. The molecule has 0 aliphatic heterocycles. The summed E-state index contributed by atoms with van der Waals surface area (Å²) in [6.07, 6.45) is 3.51. The second kappa shape index (κ2) is 11.1. The molecule has 156 valence electrons. The van der Waals surface area contributed by atoms with Crippen molar-refractivity contribution in [2.75, 3.05) is 7.05 Å². The highest BCUT2D eigenvalue weighted by atomic mass is 15.1. The van der Waals surface area contributed by atoms with Gasteiger partial charge in [0, 0.05) is 12.6 Å². The molecule has 0 amide bonds. The van der Waals surface area contributed by atoms with E-state index in [0.717, 1.165) is 18.5 Å². The van der Waals surface area contributed by atoms with Crippen LogP contribution in [-0.2, 0) is 6.42 Å². The van der Waals surface area contributed by atoms with Gasteiger partial charge in [-0.1, -0.05) is 89.6 Å². The molecule has 0 heterocycles. The second-order valence-corrected chi connectivity index (χ2v) is 8.47. The summed E-state index contributed by atoms with van der Waals surface area (Å²) in [4.78, 5) is 0. The minimum absolute atomic E-state index is 0.521. The van der Waals surface area contributed by atoms with E-state index in [1.54, 1.807) is 7.05 Å². The molecule has 2 aromatic carbocycles. The number of aryl methyl sites for hydroxylation is 1. The maximum absolute atomic E-state index is 4.59. The summed E-state index contributed by atoms with van der Waals surface area (Å²) >= 11 is 0. The molecule has 2 nitrogen and oxygen atoms in total. The molecular weight excluding hydrogens is 352 g/mol. The van der Waals surface area contributed by atoms with Gasteiger partial charge in [0.1, 0.15) is 0 Å². The minimum Gasteiger partial charge on any atom is -0.192 e. The third-order valence-corrected chi connectivity index (χ3v) is 6.00. The maximum Gasteiger partial charge on any atom is 0.0962 e. The number of hydrogen-bond acceptors (Lipinski definition) is 2. The number of fused-ring (bicyclic) bond motifs is 2. The first kappa shape index (κ1) is 23.1. The standard InChI is InChI=1S/C24H30N2.C3H8/c1-16(2)17(3)21-15-14-19-10-6-7-11-20(19)18(4)24(26-25-5)23-13-9-8-12-22(21)23;1-3-2/h6-13,16-17,21H,14-15H2,1-5H3;3H2,1-2H3/b24-18+,26-25?;. The first-order valence-corrected chi connectivity index (χ1v) is 11.1. The van der Waals surface area contributed by atoms with Crippen molar-refractivity contribution in [3.05, 3.63) is 70.8 Å². The Kier molecular flexibility index (Phi) is 8.82. The van der Waals surface area contributed by atoms with Crippen molar-refractivity contribution < 1.29 is 0 Å². The Bertz CT molecular complexity index is 845. The van der Waals surface area contributed by atoms with Crippen LogP contribution in [-0.4, -0.2) is 7.05 Å². The van der Waals surface area contributed by atoms with Crippen LogP contribution >= 0.6 is 0 Å². The molecule has 2 heteroatoms. The molecule has 2 atom stereocenters. The molecule has 0 spiro atoms. The van der Waals surface area contributed by atoms with E-state index in [0.29, 0.717) is 17.8 Å². The van der Waals surface area contributed by atoms with Crippen LogP contribution in [0.1, 0.15) is 82.6 Å². The maximum atomic E-state index is 4.59.